The van der Waals surface area contributed by atoms with Crippen molar-refractivity contribution in [2.75, 3.05) is 12.4 Å². The number of hydrogen-bond donors (Lipinski definition) is 4. The molecular weight excluding hydrogens is 240 g/mol. The maximum Gasteiger partial charge on any atom is 0.187 e. The number of sulfone groups is 1. The first kappa shape index (κ1) is 13.8. The molecule has 16 heavy (non-hydrogen) atoms. The Morgan fingerprint density at radius 1 is 1.12 bits per heavy atom. The Morgan fingerprint density at radius 3 is 2.12 bits per heavy atom. The van der Waals surface area contributed by atoms with E-state index in [9.17, 15) is 23.7 Å². The van der Waals surface area contributed by atoms with E-state index in [1.807, 2.05) is 0 Å². The van der Waals surface area contributed by atoms with Gasteiger partial charge in [0, 0.05) is 0 Å². The van der Waals surface area contributed by atoms with Gasteiger partial charge in [0.2, 0.25) is 0 Å². The maximum absolute atomic E-state index is 11.5. The topological polar surface area (TPSA) is 124 Å². The first-order chi connectivity index (χ1) is 7.35. The van der Waals surface area contributed by atoms with E-state index >= 15 is 0 Å². The molecule has 0 aromatic rings. The molecule has 0 aromatic heterocycles. The summed E-state index contributed by atoms with van der Waals surface area (Å²) in [4.78, 5) is 0. The molecule has 0 unspecified atom stereocenters. The maximum atomic E-state index is 11.5. The van der Waals surface area contributed by atoms with E-state index in [1.165, 1.54) is 6.92 Å². The van der Waals surface area contributed by atoms with Crippen LogP contribution in [0.4, 0.5) is 0 Å². The summed E-state index contributed by atoms with van der Waals surface area (Å²) in [6, 6.07) is 0. The molecule has 96 valence electrons. The highest BCUT2D eigenvalue weighted by Gasteiger charge is 2.48. The Hall–Kier alpha value is -0.250. The second-order valence-electron chi connectivity index (χ2n) is 3.65. The number of aliphatic hydroxyl groups excluding tert-OH is 4. The van der Waals surface area contributed by atoms with Crippen LogP contribution in [0.15, 0.2) is 0 Å². The molecule has 0 aliphatic carbocycles. The standard InChI is InChI=1S/C8H16O7S/c1-2-16(13,14)8-7(12)6(11)5(10)4(3-9)15-8/h4-12H,2-3H2,1H3/t4-,5-,6+,7-,8+/m1/s1. The second kappa shape index (κ2) is 4.94. The number of aliphatic hydroxyl groups is 4. The molecule has 1 aliphatic heterocycles. The third kappa shape index (κ3) is 2.36. The molecule has 8 heteroatoms. The summed E-state index contributed by atoms with van der Waals surface area (Å²) in [5.41, 5.74) is -1.62. The lowest BCUT2D eigenvalue weighted by atomic mass is 10.0. The molecule has 1 rings (SSSR count). The van der Waals surface area contributed by atoms with Crippen LogP contribution in [0, 0.1) is 0 Å². The minimum Gasteiger partial charge on any atom is -0.394 e. The summed E-state index contributed by atoms with van der Waals surface area (Å²) < 4.78 is 27.9. The van der Waals surface area contributed by atoms with Crippen molar-refractivity contribution in [3.05, 3.63) is 0 Å². The SMILES string of the molecule is CCS(=O)(=O)[C@@H]1O[C@H](CO)[C@@H](O)[C@H](O)[C@H]1O. The van der Waals surface area contributed by atoms with Crippen molar-refractivity contribution >= 4 is 9.84 Å². The molecule has 1 aliphatic rings. The minimum absolute atomic E-state index is 0.268. The van der Waals surface area contributed by atoms with E-state index in [-0.39, 0.29) is 5.75 Å². The van der Waals surface area contributed by atoms with Crippen LogP contribution in [0.25, 0.3) is 0 Å². The first-order valence-corrected chi connectivity index (χ1v) is 6.58. The van der Waals surface area contributed by atoms with E-state index in [1.54, 1.807) is 0 Å². The normalized spacial score (nSPS) is 40.9. The van der Waals surface area contributed by atoms with Gasteiger partial charge in [-0.25, -0.2) is 8.42 Å². The van der Waals surface area contributed by atoms with Gasteiger partial charge in [0.15, 0.2) is 15.3 Å². The van der Waals surface area contributed by atoms with E-state index in [0.29, 0.717) is 0 Å². The molecule has 0 bridgehead atoms. The highest BCUT2D eigenvalue weighted by Crippen LogP contribution is 2.24. The van der Waals surface area contributed by atoms with E-state index < -0.39 is 46.3 Å². The van der Waals surface area contributed by atoms with Gasteiger partial charge in [0.05, 0.1) is 12.4 Å². The van der Waals surface area contributed by atoms with Crippen molar-refractivity contribution < 1.29 is 33.6 Å². The predicted octanol–water partition coefficient (Wildman–Crippen LogP) is -2.78. The van der Waals surface area contributed by atoms with Gasteiger partial charge in [-0.1, -0.05) is 6.92 Å². The molecule has 0 aromatic carbocycles. The van der Waals surface area contributed by atoms with Crippen LogP contribution >= 0.6 is 0 Å². The molecule has 1 fully saturated rings. The second-order valence-corrected chi connectivity index (χ2v) is 6.02. The van der Waals surface area contributed by atoms with E-state index in [0.717, 1.165) is 0 Å². The number of ether oxygens (including phenoxy) is 1. The fourth-order valence-corrected chi connectivity index (χ4v) is 2.75. The van der Waals surface area contributed by atoms with Crippen LogP contribution in [-0.2, 0) is 14.6 Å². The van der Waals surface area contributed by atoms with Crippen molar-refractivity contribution in [1.82, 2.24) is 0 Å². The van der Waals surface area contributed by atoms with E-state index in [4.69, 9.17) is 9.84 Å². The largest absolute Gasteiger partial charge is 0.394 e. The summed E-state index contributed by atoms with van der Waals surface area (Å²) in [5, 5.41) is 37.1. The van der Waals surface area contributed by atoms with Gasteiger partial charge in [0.25, 0.3) is 0 Å². The van der Waals surface area contributed by atoms with Gasteiger partial charge in [-0.2, -0.15) is 0 Å². The first-order valence-electron chi connectivity index (χ1n) is 4.87. The third-order valence-corrected chi connectivity index (χ3v) is 4.51. The average Bonchev–Trinajstić information content (AvgIpc) is 2.26. The minimum atomic E-state index is -3.72. The monoisotopic (exact) mass is 256 g/mol. The van der Waals surface area contributed by atoms with E-state index in [2.05, 4.69) is 0 Å². The van der Waals surface area contributed by atoms with Crippen LogP contribution in [0.2, 0.25) is 0 Å². The van der Waals surface area contributed by atoms with Crippen LogP contribution in [0.1, 0.15) is 6.92 Å². The lowest BCUT2D eigenvalue weighted by Gasteiger charge is -2.39. The Bertz CT molecular complexity index is 325. The van der Waals surface area contributed by atoms with Crippen molar-refractivity contribution in [1.29, 1.82) is 0 Å². The van der Waals surface area contributed by atoms with Gasteiger partial charge < -0.3 is 25.2 Å². The lowest BCUT2D eigenvalue weighted by molar-refractivity contribution is -0.207. The van der Waals surface area contributed by atoms with Gasteiger partial charge in [0.1, 0.15) is 24.4 Å². The van der Waals surface area contributed by atoms with Crippen molar-refractivity contribution in [3.63, 3.8) is 0 Å². The average molecular weight is 256 g/mol. The highest BCUT2D eigenvalue weighted by molar-refractivity contribution is 7.91. The van der Waals surface area contributed by atoms with Crippen molar-refractivity contribution in [2.45, 2.75) is 36.8 Å². The number of rotatable bonds is 3. The Kier molecular flexibility index (Phi) is 4.27. The van der Waals surface area contributed by atoms with Crippen LogP contribution in [0.3, 0.4) is 0 Å². The molecule has 0 saturated carbocycles. The molecule has 0 spiro atoms. The zero-order chi connectivity index (χ0) is 12.5. The summed E-state index contributed by atoms with van der Waals surface area (Å²) in [6.07, 6.45) is -6.10. The zero-order valence-corrected chi connectivity index (χ0v) is 9.54. The van der Waals surface area contributed by atoms with Gasteiger partial charge in [-0.05, 0) is 0 Å². The summed E-state index contributed by atoms with van der Waals surface area (Å²) >= 11 is 0. The molecule has 1 heterocycles. The Labute approximate surface area is 93.2 Å². The van der Waals surface area contributed by atoms with Crippen LogP contribution in [-0.4, -0.2) is 71.1 Å². The fourth-order valence-electron chi connectivity index (χ4n) is 1.53. The zero-order valence-electron chi connectivity index (χ0n) is 8.72. The van der Waals surface area contributed by atoms with Gasteiger partial charge in [-0.15, -0.1) is 0 Å². The van der Waals surface area contributed by atoms with Crippen LogP contribution in [0.5, 0.6) is 0 Å². The molecular formula is C8H16O7S. The molecule has 5 atom stereocenters. The molecule has 1 saturated heterocycles. The third-order valence-electron chi connectivity index (χ3n) is 2.60. The molecule has 0 amide bonds. The molecule has 7 nitrogen and oxygen atoms in total. The van der Waals surface area contributed by atoms with Crippen molar-refractivity contribution in [2.24, 2.45) is 0 Å². The number of hydrogen-bond acceptors (Lipinski definition) is 7. The summed E-state index contributed by atoms with van der Waals surface area (Å²) in [6.45, 7) is 0.734. The molecule has 4 N–H and O–H groups in total. The smallest absolute Gasteiger partial charge is 0.187 e. The molecule has 0 radical (unpaired) electrons. The van der Waals surface area contributed by atoms with Crippen molar-refractivity contribution in [3.8, 4) is 0 Å². The predicted molar refractivity (Wildman–Crippen MR) is 53.2 cm³/mol. The Balaban J connectivity index is 2.96. The highest BCUT2D eigenvalue weighted by atomic mass is 32.2. The summed E-state index contributed by atoms with van der Waals surface area (Å²) in [5.74, 6) is -0.268. The lowest BCUT2D eigenvalue weighted by Crippen LogP contribution is -2.60. The van der Waals surface area contributed by atoms with Crippen LogP contribution < -0.4 is 0 Å². The fraction of sp³-hybridized carbons (Fsp3) is 1.00. The van der Waals surface area contributed by atoms with Gasteiger partial charge in [-0.3, -0.25) is 0 Å². The van der Waals surface area contributed by atoms with Gasteiger partial charge >= 0.3 is 0 Å². The Morgan fingerprint density at radius 2 is 1.69 bits per heavy atom. The quantitative estimate of drug-likeness (QED) is 0.430. The summed E-state index contributed by atoms with van der Waals surface area (Å²) in [7, 11) is -3.72.